The van der Waals surface area contributed by atoms with Crippen molar-refractivity contribution in [3.8, 4) is 5.75 Å². The summed E-state index contributed by atoms with van der Waals surface area (Å²) in [5.41, 5.74) is 3.70. The minimum atomic E-state index is -0.116. The Labute approximate surface area is 129 Å². The highest BCUT2D eigenvalue weighted by Crippen LogP contribution is 2.19. The summed E-state index contributed by atoms with van der Waals surface area (Å²) in [7, 11) is 1.60. The van der Waals surface area contributed by atoms with Crippen molar-refractivity contribution < 1.29 is 9.53 Å². The molecule has 0 radical (unpaired) electrons. The molecule has 0 aliphatic heterocycles. The molecule has 0 spiro atoms. The minimum Gasteiger partial charge on any atom is -0.496 e. The van der Waals surface area contributed by atoms with Crippen LogP contribution in [0.3, 0.4) is 0 Å². The SMILES string of the molecule is COc1cc(C(=O)NCc2ccc(CCl)cc2)ccc1C. The number of nitrogens with one attached hydrogen (secondary N) is 1. The molecule has 0 aliphatic rings. The average molecular weight is 304 g/mol. The molecule has 0 aliphatic carbocycles. The number of hydrogen-bond donors (Lipinski definition) is 1. The van der Waals surface area contributed by atoms with Crippen LogP contribution in [0.1, 0.15) is 27.0 Å². The van der Waals surface area contributed by atoms with Gasteiger partial charge in [0.2, 0.25) is 0 Å². The van der Waals surface area contributed by atoms with Gasteiger partial charge in [-0.2, -0.15) is 0 Å². The zero-order valence-electron chi connectivity index (χ0n) is 12.2. The normalized spacial score (nSPS) is 10.2. The number of methoxy groups -OCH3 is 1. The van der Waals surface area contributed by atoms with Crippen LogP contribution < -0.4 is 10.1 Å². The van der Waals surface area contributed by atoms with Crippen molar-refractivity contribution in [2.45, 2.75) is 19.3 Å². The van der Waals surface area contributed by atoms with Crippen molar-refractivity contribution in [1.82, 2.24) is 5.32 Å². The van der Waals surface area contributed by atoms with E-state index in [1.165, 1.54) is 0 Å². The Morgan fingerprint density at radius 2 is 1.81 bits per heavy atom. The average Bonchev–Trinajstić information content (AvgIpc) is 2.53. The number of alkyl halides is 1. The molecule has 2 aromatic rings. The van der Waals surface area contributed by atoms with Crippen LogP contribution in [-0.4, -0.2) is 13.0 Å². The molecule has 0 saturated carbocycles. The number of amides is 1. The van der Waals surface area contributed by atoms with E-state index < -0.39 is 0 Å². The molecule has 0 aromatic heterocycles. The van der Waals surface area contributed by atoms with Crippen LogP contribution in [0.15, 0.2) is 42.5 Å². The molecule has 0 unspecified atom stereocenters. The predicted octanol–water partition coefficient (Wildman–Crippen LogP) is 3.67. The number of benzene rings is 2. The molecule has 0 heterocycles. The second-order valence-corrected chi connectivity index (χ2v) is 5.08. The van der Waals surface area contributed by atoms with E-state index in [0.29, 0.717) is 23.7 Å². The van der Waals surface area contributed by atoms with Crippen LogP contribution in [0.4, 0.5) is 0 Å². The van der Waals surface area contributed by atoms with Crippen LogP contribution in [0.5, 0.6) is 5.75 Å². The van der Waals surface area contributed by atoms with Gasteiger partial charge in [-0.1, -0.05) is 30.3 Å². The number of carbonyl (C=O) groups is 1. The Morgan fingerprint density at radius 1 is 1.14 bits per heavy atom. The van der Waals surface area contributed by atoms with E-state index in [-0.39, 0.29) is 5.91 Å². The first-order chi connectivity index (χ1) is 10.1. The summed E-state index contributed by atoms with van der Waals surface area (Å²) < 4.78 is 5.23. The minimum absolute atomic E-state index is 0.116. The van der Waals surface area contributed by atoms with Gasteiger partial charge in [-0.3, -0.25) is 4.79 Å². The van der Waals surface area contributed by atoms with Crippen LogP contribution in [-0.2, 0) is 12.4 Å². The number of carbonyl (C=O) groups excluding carboxylic acids is 1. The van der Waals surface area contributed by atoms with E-state index in [4.69, 9.17) is 16.3 Å². The Morgan fingerprint density at radius 3 is 2.43 bits per heavy atom. The summed E-state index contributed by atoms with van der Waals surface area (Å²) in [6.07, 6.45) is 0. The van der Waals surface area contributed by atoms with Crippen LogP contribution in [0, 0.1) is 6.92 Å². The lowest BCUT2D eigenvalue weighted by molar-refractivity contribution is 0.0950. The van der Waals surface area contributed by atoms with Crippen molar-refractivity contribution in [2.24, 2.45) is 0 Å². The standard InChI is InChI=1S/C17H18ClNO2/c1-12-3-8-15(9-16(12)21-2)17(20)19-11-14-6-4-13(10-18)5-7-14/h3-9H,10-11H2,1-2H3,(H,19,20). The summed E-state index contributed by atoms with van der Waals surface area (Å²) in [6.45, 7) is 2.43. The lowest BCUT2D eigenvalue weighted by Gasteiger charge is -2.09. The van der Waals surface area contributed by atoms with E-state index >= 15 is 0 Å². The fourth-order valence-corrected chi connectivity index (χ4v) is 2.17. The molecule has 1 N–H and O–H groups in total. The molecule has 4 heteroatoms. The fraction of sp³-hybridized carbons (Fsp3) is 0.235. The first kappa shape index (κ1) is 15.4. The van der Waals surface area contributed by atoms with Crippen LogP contribution in [0.25, 0.3) is 0 Å². The lowest BCUT2D eigenvalue weighted by Crippen LogP contribution is -2.22. The molecule has 0 fully saturated rings. The van der Waals surface area contributed by atoms with E-state index in [1.54, 1.807) is 19.2 Å². The van der Waals surface area contributed by atoms with Gasteiger partial charge in [0.15, 0.2) is 0 Å². The summed E-state index contributed by atoms with van der Waals surface area (Å²) in [6, 6.07) is 13.3. The van der Waals surface area contributed by atoms with Crippen LogP contribution in [0.2, 0.25) is 0 Å². The molecule has 2 aromatic carbocycles. The van der Waals surface area contributed by atoms with Crippen LogP contribution >= 0.6 is 11.6 Å². The first-order valence-electron chi connectivity index (χ1n) is 6.70. The number of halogens is 1. The molecule has 21 heavy (non-hydrogen) atoms. The van der Waals surface area contributed by atoms with Gasteiger partial charge in [-0.05, 0) is 35.7 Å². The summed E-state index contributed by atoms with van der Waals surface area (Å²) in [5, 5.41) is 2.90. The van der Waals surface area contributed by atoms with E-state index in [0.717, 1.165) is 16.7 Å². The highest BCUT2D eigenvalue weighted by Gasteiger charge is 2.08. The maximum absolute atomic E-state index is 12.1. The van der Waals surface area contributed by atoms with E-state index in [9.17, 15) is 4.79 Å². The van der Waals surface area contributed by atoms with E-state index in [1.807, 2.05) is 37.3 Å². The number of rotatable bonds is 5. The zero-order chi connectivity index (χ0) is 15.2. The van der Waals surface area contributed by atoms with Crippen molar-refractivity contribution in [1.29, 1.82) is 0 Å². The molecular formula is C17H18ClNO2. The zero-order valence-corrected chi connectivity index (χ0v) is 12.9. The number of aryl methyl sites for hydroxylation is 1. The molecule has 0 saturated heterocycles. The molecule has 110 valence electrons. The third-order valence-electron chi connectivity index (χ3n) is 3.30. The highest BCUT2D eigenvalue weighted by atomic mass is 35.5. The van der Waals surface area contributed by atoms with E-state index in [2.05, 4.69) is 5.32 Å². The largest absolute Gasteiger partial charge is 0.496 e. The van der Waals surface area contributed by atoms with Gasteiger partial charge in [0, 0.05) is 18.0 Å². The van der Waals surface area contributed by atoms with Gasteiger partial charge >= 0.3 is 0 Å². The summed E-state index contributed by atoms with van der Waals surface area (Å²) >= 11 is 5.75. The van der Waals surface area contributed by atoms with Gasteiger partial charge < -0.3 is 10.1 Å². The number of ether oxygens (including phenoxy) is 1. The third kappa shape index (κ3) is 3.99. The third-order valence-corrected chi connectivity index (χ3v) is 3.61. The fourth-order valence-electron chi connectivity index (χ4n) is 1.99. The molecular weight excluding hydrogens is 286 g/mol. The Hall–Kier alpha value is -2.00. The van der Waals surface area contributed by atoms with Gasteiger partial charge in [0.25, 0.3) is 5.91 Å². The summed E-state index contributed by atoms with van der Waals surface area (Å²) in [4.78, 5) is 12.1. The summed E-state index contributed by atoms with van der Waals surface area (Å²) in [5.74, 6) is 1.10. The number of hydrogen-bond acceptors (Lipinski definition) is 2. The van der Waals surface area contributed by atoms with Gasteiger partial charge in [-0.25, -0.2) is 0 Å². The first-order valence-corrected chi connectivity index (χ1v) is 7.24. The molecule has 3 nitrogen and oxygen atoms in total. The molecule has 0 atom stereocenters. The second-order valence-electron chi connectivity index (χ2n) is 4.82. The Kier molecular flexibility index (Phi) is 5.23. The van der Waals surface area contributed by atoms with Crippen molar-refractivity contribution in [3.63, 3.8) is 0 Å². The highest BCUT2D eigenvalue weighted by molar-refractivity contribution is 6.17. The maximum atomic E-state index is 12.1. The second kappa shape index (κ2) is 7.14. The van der Waals surface area contributed by atoms with Gasteiger partial charge in [0.1, 0.15) is 5.75 Å². The maximum Gasteiger partial charge on any atom is 0.251 e. The lowest BCUT2D eigenvalue weighted by atomic mass is 10.1. The molecule has 0 bridgehead atoms. The van der Waals surface area contributed by atoms with Crippen molar-refractivity contribution >= 4 is 17.5 Å². The topological polar surface area (TPSA) is 38.3 Å². The Balaban J connectivity index is 2.00. The smallest absolute Gasteiger partial charge is 0.251 e. The Bertz CT molecular complexity index is 623. The molecule has 1 amide bonds. The quantitative estimate of drug-likeness (QED) is 0.856. The molecule has 2 rings (SSSR count). The van der Waals surface area contributed by atoms with Gasteiger partial charge in [-0.15, -0.1) is 11.6 Å². The van der Waals surface area contributed by atoms with Crippen molar-refractivity contribution in [3.05, 3.63) is 64.7 Å². The monoisotopic (exact) mass is 303 g/mol. The van der Waals surface area contributed by atoms with Crippen molar-refractivity contribution in [2.75, 3.05) is 7.11 Å². The van der Waals surface area contributed by atoms with Gasteiger partial charge in [0.05, 0.1) is 7.11 Å². The predicted molar refractivity (Wildman–Crippen MR) is 84.9 cm³/mol.